The van der Waals surface area contributed by atoms with E-state index in [1.54, 1.807) is 32.2 Å². The Kier molecular flexibility index (Phi) is 9.20. The fourth-order valence-electron chi connectivity index (χ4n) is 5.41. The molecule has 0 fully saturated rings. The van der Waals surface area contributed by atoms with Gasteiger partial charge in [0.2, 0.25) is 11.8 Å². The first-order chi connectivity index (χ1) is 22.5. The highest BCUT2D eigenvalue weighted by molar-refractivity contribution is 8.00. The Bertz CT molecular complexity index is 1830. The van der Waals surface area contributed by atoms with Crippen molar-refractivity contribution in [1.82, 2.24) is 20.1 Å². The highest BCUT2D eigenvalue weighted by Gasteiger charge is 2.38. The van der Waals surface area contributed by atoms with Gasteiger partial charge in [-0.1, -0.05) is 36.4 Å². The Morgan fingerprint density at radius 3 is 2.35 bits per heavy atom. The Morgan fingerprint density at radius 2 is 1.65 bits per heavy atom. The first-order valence-electron chi connectivity index (χ1n) is 14.6. The lowest BCUT2D eigenvalue weighted by molar-refractivity contribution is -0.123. The van der Waals surface area contributed by atoms with Crippen molar-refractivity contribution in [2.45, 2.75) is 11.8 Å². The van der Waals surface area contributed by atoms with Gasteiger partial charge in [0, 0.05) is 22.9 Å². The monoisotopic (exact) mass is 635 g/mol. The second-order valence-electron chi connectivity index (χ2n) is 10.4. The van der Waals surface area contributed by atoms with Crippen LogP contribution in [0.1, 0.15) is 22.1 Å². The van der Waals surface area contributed by atoms with Crippen LogP contribution in [-0.4, -0.2) is 60.2 Å². The first kappa shape index (κ1) is 30.7. The van der Waals surface area contributed by atoms with Crippen LogP contribution in [0.15, 0.2) is 97.2 Å². The van der Waals surface area contributed by atoms with Gasteiger partial charge in [-0.15, -0.1) is 11.8 Å². The number of methoxy groups -OCH3 is 3. The minimum absolute atomic E-state index is 0.115. The summed E-state index contributed by atoms with van der Waals surface area (Å²) in [5, 5.41) is 7.67. The number of thioether (sulfide) groups is 1. The van der Waals surface area contributed by atoms with Crippen LogP contribution in [0.3, 0.4) is 0 Å². The van der Waals surface area contributed by atoms with Crippen LogP contribution in [0.25, 0.3) is 16.9 Å². The molecule has 0 saturated carbocycles. The van der Waals surface area contributed by atoms with Gasteiger partial charge in [0.25, 0.3) is 0 Å². The van der Waals surface area contributed by atoms with Gasteiger partial charge in [0.15, 0.2) is 0 Å². The number of nitrogens with zero attached hydrogens (tertiary/aromatic N) is 4. The minimum Gasteiger partial charge on any atom is -0.497 e. The molecule has 0 bridgehead atoms. The average molecular weight is 636 g/mol. The van der Waals surface area contributed by atoms with E-state index in [-0.39, 0.29) is 30.7 Å². The number of aromatic nitrogens is 3. The van der Waals surface area contributed by atoms with Gasteiger partial charge >= 0.3 is 0 Å². The van der Waals surface area contributed by atoms with Gasteiger partial charge in [-0.2, -0.15) is 5.10 Å². The summed E-state index contributed by atoms with van der Waals surface area (Å²) >= 11 is 1.46. The minimum atomic E-state index is -0.396. The molecule has 5 aromatic rings. The molecule has 0 spiro atoms. The van der Waals surface area contributed by atoms with Gasteiger partial charge < -0.3 is 19.5 Å². The zero-order valence-corrected chi connectivity index (χ0v) is 26.5. The topological polar surface area (TPSA) is 108 Å². The fraction of sp³-hybridized carbons (Fsp3) is 0.200. The molecule has 0 unspecified atom stereocenters. The van der Waals surface area contributed by atoms with Crippen molar-refractivity contribution in [2.75, 3.05) is 38.5 Å². The molecule has 0 radical (unpaired) electrons. The summed E-state index contributed by atoms with van der Waals surface area (Å²) in [6, 6.07) is 28.4. The number of ether oxygens (including phenoxy) is 3. The van der Waals surface area contributed by atoms with E-state index >= 15 is 0 Å². The molecule has 1 atom stereocenters. The second-order valence-corrected chi connectivity index (χ2v) is 11.5. The van der Waals surface area contributed by atoms with E-state index in [1.165, 1.54) is 16.7 Å². The molecule has 0 aliphatic carbocycles. The number of hydrogen-bond acceptors (Lipinski definition) is 8. The zero-order valence-electron chi connectivity index (χ0n) is 25.7. The van der Waals surface area contributed by atoms with Crippen LogP contribution in [0.2, 0.25) is 0 Å². The smallest absolute Gasteiger partial charge is 0.240 e. The maximum absolute atomic E-state index is 14.1. The molecule has 1 N–H and O–H groups in total. The molecular formula is C35H33N5O5S. The SMILES string of the molecule is COc1ccc(-n2nc(-c3ccccc3)c3c2N(CC(=O)NCc2ccccn2)C(=O)CS[C@@H]3c2cc(OC)ccc2OC)cc1. The number of nitrogens with one attached hydrogen (secondary N) is 1. The Balaban J connectivity index is 1.55. The molecule has 1 aliphatic heterocycles. The van der Waals surface area contributed by atoms with E-state index in [0.29, 0.717) is 40.1 Å². The molecule has 1 aliphatic rings. The van der Waals surface area contributed by atoms with Crippen LogP contribution in [0, 0.1) is 0 Å². The number of carbonyl (C=O) groups excluding carboxylic acids is 2. The summed E-state index contributed by atoms with van der Waals surface area (Å²) in [5.74, 6) is 2.06. The molecule has 3 aromatic carbocycles. The molecule has 46 heavy (non-hydrogen) atoms. The molecule has 234 valence electrons. The lowest BCUT2D eigenvalue weighted by Gasteiger charge is -2.23. The van der Waals surface area contributed by atoms with E-state index in [4.69, 9.17) is 19.3 Å². The quantitative estimate of drug-likeness (QED) is 0.216. The Morgan fingerprint density at radius 1 is 0.913 bits per heavy atom. The summed E-state index contributed by atoms with van der Waals surface area (Å²) in [7, 11) is 4.84. The van der Waals surface area contributed by atoms with Crippen molar-refractivity contribution in [3.05, 3.63) is 114 Å². The third-order valence-electron chi connectivity index (χ3n) is 7.67. The van der Waals surface area contributed by atoms with Crippen LogP contribution in [-0.2, 0) is 16.1 Å². The van der Waals surface area contributed by atoms with Gasteiger partial charge in [-0.05, 0) is 54.6 Å². The standard InChI is InChI=1S/C35H33N5O5S/c1-43-26-14-12-25(13-15-26)40-35-32(33(38-40)23-9-5-4-6-10-23)34(28-19-27(44-2)16-17-29(28)45-3)46-22-31(42)39(35)21-30(41)37-20-24-11-7-8-18-36-24/h4-19,34H,20-22H2,1-3H3,(H,37,41)/t34-/m1/s1. The molecule has 0 saturated heterocycles. The Hall–Kier alpha value is -5.29. The Labute approximate surface area is 271 Å². The lowest BCUT2D eigenvalue weighted by atomic mass is 9.98. The summed E-state index contributed by atoms with van der Waals surface area (Å²) < 4.78 is 18.6. The third kappa shape index (κ3) is 6.27. The molecule has 10 nitrogen and oxygen atoms in total. The largest absolute Gasteiger partial charge is 0.497 e. The molecule has 2 amide bonds. The summed E-state index contributed by atoms with van der Waals surface area (Å²) in [4.78, 5) is 33.4. The highest BCUT2D eigenvalue weighted by Crippen LogP contribution is 2.51. The molecule has 2 aromatic heterocycles. The van der Waals surface area contributed by atoms with Gasteiger partial charge in [0.05, 0.1) is 56.0 Å². The fourth-order valence-corrected chi connectivity index (χ4v) is 6.63. The van der Waals surface area contributed by atoms with Crippen molar-refractivity contribution >= 4 is 29.4 Å². The van der Waals surface area contributed by atoms with Crippen molar-refractivity contribution in [1.29, 1.82) is 0 Å². The number of carbonyl (C=O) groups is 2. The van der Waals surface area contributed by atoms with Crippen molar-refractivity contribution in [3.63, 3.8) is 0 Å². The number of rotatable bonds is 10. The number of hydrogen-bond donors (Lipinski definition) is 1. The van der Waals surface area contributed by atoms with E-state index in [1.807, 2.05) is 91.0 Å². The van der Waals surface area contributed by atoms with Crippen LogP contribution >= 0.6 is 11.8 Å². The molecule has 3 heterocycles. The first-order valence-corrected chi connectivity index (χ1v) is 15.7. The van der Waals surface area contributed by atoms with E-state index in [9.17, 15) is 9.59 Å². The predicted molar refractivity (Wildman–Crippen MR) is 178 cm³/mol. The third-order valence-corrected chi connectivity index (χ3v) is 8.90. The average Bonchev–Trinajstić information content (AvgIpc) is 3.44. The van der Waals surface area contributed by atoms with Crippen molar-refractivity contribution < 1.29 is 23.8 Å². The van der Waals surface area contributed by atoms with Crippen LogP contribution in [0.5, 0.6) is 17.2 Å². The van der Waals surface area contributed by atoms with E-state index in [2.05, 4.69) is 10.3 Å². The predicted octanol–water partition coefficient (Wildman–Crippen LogP) is 5.45. The second kappa shape index (κ2) is 13.8. The maximum atomic E-state index is 14.1. The lowest BCUT2D eigenvalue weighted by Crippen LogP contribution is -2.42. The summed E-state index contributed by atoms with van der Waals surface area (Å²) in [5.41, 5.74) is 4.58. The van der Waals surface area contributed by atoms with Gasteiger partial charge in [0.1, 0.15) is 29.6 Å². The van der Waals surface area contributed by atoms with E-state index in [0.717, 1.165) is 16.7 Å². The molecular weight excluding hydrogens is 602 g/mol. The molecule has 11 heteroatoms. The zero-order chi connectivity index (χ0) is 32.0. The number of fused-ring (bicyclic) bond motifs is 1. The maximum Gasteiger partial charge on any atom is 0.240 e. The van der Waals surface area contributed by atoms with Crippen LogP contribution in [0.4, 0.5) is 5.82 Å². The van der Waals surface area contributed by atoms with Crippen molar-refractivity contribution in [2.24, 2.45) is 0 Å². The summed E-state index contributed by atoms with van der Waals surface area (Å²) in [6.45, 7) is 0.0250. The number of anilines is 1. The van der Waals surface area contributed by atoms with Crippen molar-refractivity contribution in [3.8, 4) is 34.2 Å². The number of amides is 2. The van der Waals surface area contributed by atoms with E-state index < -0.39 is 5.25 Å². The van der Waals surface area contributed by atoms with Crippen LogP contribution < -0.4 is 24.4 Å². The van der Waals surface area contributed by atoms with Gasteiger partial charge in [-0.3, -0.25) is 19.5 Å². The normalized spacial score (nSPS) is 14.3. The highest BCUT2D eigenvalue weighted by atomic mass is 32.2. The number of pyridine rings is 1. The summed E-state index contributed by atoms with van der Waals surface area (Å²) in [6.07, 6.45) is 1.68. The van der Waals surface area contributed by atoms with Gasteiger partial charge in [-0.25, -0.2) is 4.68 Å². The molecule has 6 rings (SSSR count). The number of benzene rings is 3.